The van der Waals surface area contributed by atoms with Gasteiger partial charge in [0.2, 0.25) is 10.0 Å². The van der Waals surface area contributed by atoms with E-state index in [1.54, 1.807) is 23.5 Å². The highest BCUT2D eigenvalue weighted by Gasteiger charge is 2.17. The number of aromatic nitrogens is 1. The molecule has 0 unspecified atom stereocenters. The number of rotatable bonds is 5. The molecule has 0 amide bonds. The standard InChI is InChI=1S/C17H18N2O2S3/c1-11-6-7-14(9-12(11)2)24(20,21)18-10-16-13(3)19-17(23-16)15-5-4-8-22-15/h4-9,18H,10H2,1-3H3. The summed E-state index contributed by atoms with van der Waals surface area (Å²) in [6, 6.07) is 9.18. The van der Waals surface area contributed by atoms with Crippen LogP contribution in [0.2, 0.25) is 0 Å². The molecule has 3 aromatic rings. The average Bonchev–Trinajstić information content (AvgIpc) is 3.17. The molecular weight excluding hydrogens is 360 g/mol. The second-order valence-electron chi connectivity index (χ2n) is 5.58. The SMILES string of the molecule is Cc1ccc(S(=O)(=O)NCc2sc(-c3cccs3)nc2C)cc1C. The van der Waals surface area contributed by atoms with Gasteiger partial charge in [-0.15, -0.1) is 22.7 Å². The van der Waals surface area contributed by atoms with Crippen molar-refractivity contribution < 1.29 is 8.42 Å². The zero-order valence-electron chi connectivity index (χ0n) is 13.7. The number of thiazole rings is 1. The molecule has 0 aliphatic heterocycles. The lowest BCUT2D eigenvalue weighted by atomic mass is 10.1. The van der Waals surface area contributed by atoms with Crippen molar-refractivity contribution in [2.45, 2.75) is 32.2 Å². The van der Waals surface area contributed by atoms with Crippen molar-refractivity contribution >= 4 is 32.7 Å². The molecule has 0 aliphatic carbocycles. The molecule has 0 atom stereocenters. The first kappa shape index (κ1) is 17.3. The maximum absolute atomic E-state index is 12.5. The van der Waals surface area contributed by atoms with Crippen LogP contribution in [0.4, 0.5) is 0 Å². The molecule has 0 saturated carbocycles. The van der Waals surface area contributed by atoms with Crippen LogP contribution in [0.3, 0.4) is 0 Å². The van der Waals surface area contributed by atoms with E-state index in [1.165, 1.54) is 11.3 Å². The number of nitrogens with zero attached hydrogens (tertiary/aromatic N) is 1. The highest BCUT2D eigenvalue weighted by molar-refractivity contribution is 7.89. The number of hydrogen-bond donors (Lipinski definition) is 1. The number of hydrogen-bond acceptors (Lipinski definition) is 5. The van der Waals surface area contributed by atoms with Gasteiger partial charge in [0.15, 0.2) is 0 Å². The van der Waals surface area contributed by atoms with Crippen LogP contribution in [0, 0.1) is 20.8 Å². The lowest BCUT2D eigenvalue weighted by Crippen LogP contribution is -2.23. The molecule has 0 bridgehead atoms. The maximum atomic E-state index is 12.5. The molecule has 1 aromatic carbocycles. The predicted octanol–water partition coefficient (Wildman–Crippen LogP) is 4.28. The van der Waals surface area contributed by atoms with Gasteiger partial charge in [0, 0.05) is 11.4 Å². The first-order valence-electron chi connectivity index (χ1n) is 7.44. The van der Waals surface area contributed by atoms with Crippen LogP contribution in [-0.4, -0.2) is 13.4 Å². The second kappa shape index (κ2) is 6.76. The van der Waals surface area contributed by atoms with Gasteiger partial charge in [-0.05, 0) is 55.5 Å². The van der Waals surface area contributed by atoms with Crippen LogP contribution in [-0.2, 0) is 16.6 Å². The third kappa shape index (κ3) is 3.59. The molecule has 2 heterocycles. The molecule has 2 aromatic heterocycles. The fraction of sp³-hybridized carbons (Fsp3) is 0.235. The van der Waals surface area contributed by atoms with Gasteiger partial charge in [-0.25, -0.2) is 18.1 Å². The van der Waals surface area contributed by atoms with Crippen molar-refractivity contribution in [3.8, 4) is 9.88 Å². The fourth-order valence-electron chi connectivity index (χ4n) is 2.22. The van der Waals surface area contributed by atoms with Crippen molar-refractivity contribution in [1.82, 2.24) is 9.71 Å². The Morgan fingerprint density at radius 3 is 2.58 bits per heavy atom. The molecule has 3 rings (SSSR count). The minimum atomic E-state index is -3.53. The summed E-state index contributed by atoms with van der Waals surface area (Å²) in [5, 5.41) is 2.94. The number of aryl methyl sites for hydroxylation is 3. The Morgan fingerprint density at radius 2 is 1.92 bits per heavy atom. The Balaban J connectivity index is 1.78. The van der Waals surface area contributed by atoms with Crippen LogP contribution in [0.15, 0.2) is 40.6 Å². The van der Waals surface area contributed by atoms with Crippen molar-refractivity contribution in [3.05, 3.63) is 57.4 Å². The van der Waals surface area contributed by atoms with E-state index in [0.717, 1.165) is 31.6 Å². The van der Waals surface area contributed by atoms with Gasteiger partial charge >= 0.3 is 0 Å². The van der Waals surface area contributed by atoms with E-state index in [2.05, 4.69) is 9.71 Å². The monoisotopic (exact) mass is 378 g/mol. The van der Waals surface area contributed by atoms with Gasteiger partial charge in [0.25, 0.3) is 0 Å². The van der Waals surface area contributed by atoms with Crippen LogP contribution < -0.4 is 4.72 Å². The van der Waals surface area contributed by atoms with Crippen LogP contribution >= 0.6 is 22.7 Å². The van der Waals surface area contributed by atoms with Gasteiger partial charge in [0.1, 0.15) is 5.01 Å². The quantitative estimate of drug-likeness (QED) is 0.721. The van der Waals surface area contributed by atoms with Gasteiger partial charge in [-0.2, -0.15) is 0 Å². The van der Waals surface area contributed by atoms with Crippen LogP contribution in [0.5, 0.6) is 0 Å². The summed E-state index contributed by atoms with van der Waals surface area (Å²) in [5.74, 6) is 0. The predicted molar refractivity (Wildman–Crippen MR) is 100 cm³/mol. The van der Waals surface area contributed by atoms with Crippen molar-refractivity contribution in [2.75, 3.05) is 0 Å². The summed E-state index contributed by atoms with van der Waals surface area (Å²) >= 11 is 3.16. The molecule has 7 heteroatoms. The number of nitrogens with one attached hydrogen (secondary N) is 1. The first-order valence-corrected chi connectivity index (χ1v) is 10.6. The fourth-order valence-corrected chi connectivity index (χ4v) is 5.19. The van der Waals surface area contributed by atoms with E-state index in [9.17, 15) is 8.42 Å². The maximum Gasteiger partial charge on any atom is 0.240 e. The van der Waals surface area contributed by atoms with E-state index < -0.39 is 10.0 Å². The number of sulfonamides is 1. The molecule has 0 saturated heterocycles. The Labute approximate surface area is 150 Å². The summed E-state index contributed by atoms with van der Waals surface area (Å²) in [6.45, 7) is 6.04. The molecule has 0 radical (unpaired) electrons. The number of thiophene rings is 1. The van der Waals surface area contributed by atoms with E-state index in [4.69, 9.17) is 0 Å². The van der Waals surface area contributed by atoms with Crippen molar-refractivity contribution in [3.63, 3.8) is 0 Å². The smallest absolute Gasteiger partial charge is 0.240 e. The lowest BCUT2D eigenvalue weighted by molar-refractivity contribution is 0.581. The van der Waals surface area contributed by atoms with Gasteiger partial charge in [-0.3, -0.25) is 0 Å². The first-order chi connectivity index (χ1) is 11.4. The molecule has 24 heavy (non-hydrogen) atoms. The second-order valence-corrected chi connectivity index (χ2v) is 9.37. The highest BCUT2D eigenvalue weighted by Crippen LogP contribution is 2.31. The molecule has 1 N–H and O–H groups in total. The third-order valence-corrected chi connectivity index (χ3v) is 7.43. The van der Waals surface area contributed by atoms with E-state index in [0.29, 0.717) is 4.90 Å². The normalized spacial score (nSPS) is 11.8. The molecule has 126 valence electrons. The zero-order chi connectivity index (χ0) is 17.3. The topological polar surface area (TPSA) is 59.1 Å². The number of benzene rings is 1. The minimum Gasteiger partial charge on any atom is -0.240 e. The summed E-state index contributed by atoms with van der Waals surface area (Å²) in [6.07, 6.45) is 0. The van der Waals surface area contributed by atoms with Crippen LogP contribution in [0.1, 0.15) is 21.7 Å². The van der Waals surface area contributed by atoms with E-state index in [1.807, 2.05) is 44.4 Å². The van der Waals surface area contributed by atoms with Gasteiger partial charge < -0.3 is 0 Å². The summed E-state index contributed by atoms with van der Waals surface area (Å²) in [4.78, 5) is 6.88. The summed E-state index contributed by atoms with van der Waals surface area (Å²) < 4.78 is 27.7. The molecule has 0 aliphatic rings. The van der Waals surface area contributed by atoms with E-state index >= 15 is 0 Å². The largest absolute Gasteiger partial charge is 0.240 e. The highest BCUT2D eigenvalue weighted by atomic mass is 32.2. The molecular formula is C17H18N2O2S3. The summed E-state index contributed by atoms with van der Waals surface area (Å²) in [5.41, 5.74) is 2.91. The van der Waals surface area contributed by atoms with E-state index in [-0.39, 0.29) is 6.54 Å². The molecule has 4 nitrogen and oxygen atoms in total. The van der Waals surface area contributed by atoms with Gasteiger partial charge in [0.05, 0.1) is 15.5 Å². The van der Waals surface area contributed by atoms with Crippen molar-refractivity contribution in [1.29, 1.82) is 0 Å². The Bertz CT molecular complexity index is 958. The average molecular weight is 379 g/mol. The van der Waals surface area contributed by atoms with Gasteiger partial charge in [-0.1, -0.05) is 12.1 Å². The molecule has 0 spiro atoms. The molecule has 0 fully saturated rings. The van der Waals surface area contributed by atoms with Crippen molar-refractivity contribution in [2.24, 2.45) is 0 Å². The zero-order valence-corrected chi connectivity index (χ0v) is 16.1. The Kier molecular flexibility index (Phi) is 4.87. The lowest BCUT2D eigenvalue weighted by Gasteiger charge is -2.08. The summed E-state index contributed by atoms with van der Waals surface area (Å²) in [7, 11) is -3.53. The Morgan fingerprint density at radius 1 is 1.12 bits per heavy atom. The third-order valence-electron chi connectivity index (χ3n) is 3.84. The Hall–Kier alpha value is -1.54. The minimum absolute atomic E-state index is 0.254. The van der Waals surface area contributed by atoms with Crippen LogP contribution in [0.25, 0.3) is 9.88 Å².